The van der Waals surface area contributed by atoms with Gasteiger partial charge in [0, 0.05) is 22.4 Å². The zero-order valence-corrected chi connectivity index (χ0v) is 16.9. The smallest absolute Gasteiger partial charge is 0.153 e. The number of methoxy groups -OCH3 is 1. The lowest BCUT2D eigenvalue weighted by atomic mass is 10.0. The predicted octanol–water partition coefficient (Wildman–Crippen LogP) is 6.08. The molecule has 3 aromatic rings. The van der Waals surface area contributed by atoms with E-state index in [-0.39, 0.29) is 5.75 Å². The maximum Gasteiger partial charge on any atom is 0.153 e. The molecule has 1 heterocycles. The Labute approximate surface area is 165 Å². The molecule has 4 heteroatoms. The van der Waals surface area contributed by atoms with E-state index in [1.54, 1.807) is 19.2 Å². The lowest BCUT2D eigenvalue weighted by Crippen LogP contribution is -1.93. The molecule has 0 radical (unpaired) electrons. The number of nitrogens with one attached hydrogen (secondary N) is 1. The summed E-state index contributed by atoms with van der Waals surface area (Å²) >= 11 is 0. The Morgan fingerprint density at radius 1 is 1.14 bits per heavy atom. The van der Waals surface area contributed by atoms with Crippen LogP contribution in [0, 0.1) is 0 Å². The summed E-state index contributed by atoms with van der Waals surface area (Å²) in [6.45, 7) is 6.40. The van der Waals surface area contributed by atoms with Crippen LogP contribution in [0.5, 0.6) is 11.5 Å². The predicted molar refractivity (Wildman–Crippen MR) is 116 cm³/mol. The molecule has 0 saturated carbocycles. The Balaban J connectivity index is 2.04. The van der Waals surface area contributed by atoms with Crippen LogP contribution in [0.15, 0.2) is 47.6 Å². The molecule has 3 rings (SSSR count). The zero-order valence-electron chi connectivity index (χ0n) is 16.9. The van der Waals surface area contributed by atoms with Gasteiger partial charge < -0.3 is 14.8 Å². The Bertz CT molecular complexity index is 1080. The molecule has 0 aliphatic rings. The number of hydrogen-bond donors (Lipinski definition) is 2. The fourth-order valence-corrected chi connectivity index (χ4v) is 3.52. The lowest BCUT2D eigenvalue weighted by Gasteiger charge is -2.09. The Morgan fingerprint density at radius 3 is 2.61 bits per heavy atom. The van der Waals surface area contributed by atoms with E-state index in [0.29, 0.717) is 11.8 Å². The minimum absolute atomic E-state index is 0.0161. The first kappa shape index (κ1) is 19.7. The molecular weight excluding hydrogens is 350 g/mol. The average Bonchev–Trinajstić information content (AvgIpc) is 3.02. The number of rotatable bonds is 7. The van der Waals surface area contributed by atoms with E-state index in [0.717, 1.165) is 52.4 Å². The van der Waals surface area contributed by atoms with Crippen molar-refractivity contribution >= 4 is 28.1 Å². The van der Waals surface area contributed by atoms with Crippen molar-refractivity contribution < 1.29 is 14.6 Å². The van der Waals surface area contributed by atoms with Gasteiger partial charge in [-0.2, -0.15) is 0 Å². The van der Waals surface area contributed by atoms with Crippen LogP contribution in [0.2, 0.25) is 0 Å². The van der Waals surface area contributed by atoms with E-state index >= 15 is 0 Å². The molecule has 0 unspecified atom stereocenters. The second-order valence-electron chi connectivity index (χ2n) is 7.44. The van der Waals surface area contributed by atoms with E-state index in [2.05, 4.69) is 37.9 Å². The van der Waals surface area contributed by atoms with Crippen molar-refractivity contribution in [3.05, 3.63) is 58.7 Å². The minimum atomic E-state index is -0.0161. The summed E-state index contributed by atoms with van der Waals surface area (Å²) in [6.07, 6.45) is 8.01. The number of hydrogen-bond acceptors (Lipinski definition) is 3. The number of H-pyrrole nitrogens is 1. The summed E-state index contributed by atoms with van der Waals surface area (Å²) in [5.41, 5.74) is 5.83. The number of aromatic amines is 1. The SMILES string of the molecule is COc1ccc2c([nH]c3cc(O)c(C=O)cc32)c1CC=C(C)CCC=C(C)C. The second-order valence-corrected chi connectivity index (χ2v) is 7.44. The number of carbonyl (C=O) groups excluding carboxylic acids is 1. The largest absolute Gasteiger partial charge is 0.507 e. The van der Waals surface area contributed by atoms with Crippen LogP contribution < -0.4 is 4.74 Å². The number of phenols is 1. The molecule has 0 fully saturated rings. The molecule has 0 atom stereocenters. The van der Waals surface area contributed by atoms with Crippen LogP contribution >= 0.6 is 0 Å². The first-order valence-corrected chi connectivity index (χ1v) is 9.53. The first-order valence-electron chi connectivity index (χ1n) is 9.53. The number of carbonyl (C=O) groups is 1. The molecule has 1 aromatic heterocycles. The van der Waals surface area contributed by atoms with Gasteiger partial charge in [0.2, 0.25) is 0 Å². The van der Waals surface area contributed by atoms with Gasteiger partial charge in [0.05, 0.1) is 23.7 Å². The molecule has 4 nitrogen and oxygen atoms in total. The van der Waals surface area contributed by atoms with Gasteiger partial charge in [-0.05, 0) is 58.2 Å². The van der Waals surface area contributed by atoms with Crippen molar-refractivity contribution in [3.63, 3.8) is 0 Å². The second kappa shape index (κ2) is 8.34. The molecule has 0 bridgehead atoms. The maximum absolute atomic E-state index is 11.2. The molecule has 0 spiro atoms. The molecule has 2 N–H and O–H groups in total. The third-order valence-corrected chi connectivity index (χ3v) is 5.08. The van der Waals surface area contributed by atoms with Crippen LogP contribution in [0.4, 0.5) is 0 Å². The van der Waals surface area contributed by atoms with E-state index in [1.807, 2.05) is 12.1 Å². The quantitative estimate of drug-likeness (QED) is 0.387. The van der Waals surface area contributed by atoms with Crippen molar-refractivity contribution in [3.8, 4) is 11.5 Å². The molecule has 2 aromatic carbocycles. The number of fused-ring (bicyclic) bond motifs is 3. The number of ether oxygens (including phenoxy) is 1. The molecule has 0 amide bonds. The Morgan fingerprint density at radius 2 is 1.93 bits per heavy atom. The van der Waals surface area contributed by atoms with Gasteiger partial charge in [-0.3, -0.25) is 4.79 Å². The van der Waals surface area contributed by atoms with Crippen molar-refractivity contribution in [1.29, 1.82) is 0 Å². The summed E-state index contributed by atoms with van der Waals surface area (Å²) in [5, 5.41) is 11.9. The summed E-state index contributed by atoms with van der Waals surface area (Å²) in [6, 6.07) is 7.29. The number of benzene rings is 2. The van der Waals surface area contributed by atoms with Crippen molar-refractivity contribution in [2.24, 2.45) is 0 Å². The first-order chi connectivity index (χ1) is 13.4. The Hall–Kier alpha value is -3.01. The number of aromatic hydroxyl groups is 1. The topological polar surface area (TPSA) is 62.3 Å². The van der Waals surface area contributed by atoms with Gasteiger partial charge in [0.25, 0.3) is 0 Å². The van der Waals surface area contributed by atoms with Gasteiger partial charge in [-0.25, -0.2) is 0 Å². The van der Waals surface area contributed by atoms with Gasteiger partial charge in [-0.15, -0.1) is 0 Å². The van der Waals surface area contributed by atoms with Gasteiger partial charge in [-0.1, -0.05) is 23.3 Å². The van der Waals surface area contributed by atoms with Gasteiger partial charge in [0.15, 0.2) is 6.29 Å². The number of aromatic nitrogens is 1. The number of aldehydes is 1. The maximum atomic E-state index is 11.2. The van der Waals surface area contributed by atoms with Crippen molar-refractivity contribution in [2.75, 3.05) is 7.11 Å². The van der Waals surface area contributed by atoms with E-state index < -0.39 is 0 Å². The fraction of sp³-hybridized carbons (Fsp3) is 0.292. The van der Waals surface area contributed by atoms with Gasteiger partial charge >= 0.3 is 0 Å². The third-order valence-electron chi connectivity index (χ3n) is 5.08. The van der Waals surface area contributed by atoms with Crippen LogP contribution in [0.1, 0.15) is 49.5 Å². The van der Waals surface area contributed by atoms with Crippen LogP contribution in [0.25, 0.3) is 21.8 Å². The summed E-state index contributed by atoms with van der Waals surface area (Å²) in [7, 11) is 1.68. The molecular formula is C24H27NO3. The van der Waals surface area contributed by atoms with Crippen molar-refractivity contribution in [1.82, 2.24) is 4.98 Å². The monoisotopic (exact) mass is 377 g/mol. The van der Waals surface area contributed by atoms with E-state index in [9.17, 15) is 9.90 Å². The molecule has 28 heavy (non-hydrogen) atoms. The fourth-order valence-electron chi connectivity index (χ4n) is 3.52. The highest BCUT2D eigenvalue weighted by Crippen LogP contribution is 2.35. The highest BCUT2D eigenvalue weighted by atomic mass is 16.5. The molecule has 0 saturated heterocycles. The standard InChI is InChI=1S/C24H27NO3/c1-15(2)6-5-7-16(3)8-9-19-23(28-4)11-10-18-20-12-17(14-26)22(27)13-21(20)25-24(18)19/h6,8,10-14,25,27H,5,7,9H2,1-4H3. The summed E-state index contributed by atoms with van der Waals surface area (Å²) < 4.78 is 5.60. The van der Waals surface area contributed by atoms with Crippen molar-refractivity contribution in [2.45, 2.75) is 40.0 Å². The summed E-state index contributed by atoms with van der Waals surface area (Å²) in [4.78, 5) is 14.6. The van der Waals surface area contributed by atoms with Gasteiger partial charge in [0.1, 0.15) is 11.5 Å². The molecule has 0 aliphatic carbocycles. The average molecular weight is 377 g/mol. The molecule has 146 valence electrons. The third kappa shape index (κ3) is 3.96. The van der Waals surface area contributed by atoms with Crippen LogP contribution in [-0.2, 0) is 6.42 Å². The number of allylic oxidation sites excluding steroid dienone is 4. The van der Waals surface area contributed by atoms with E-state index in [1.165, 1.54) is 11.1 Å². The minimum Gasteiger partial charge on any atom is -0.507 e. The lowest BCUT2D eigenvalue weighted by molar-refractivity contribution is 0.112. The van der Waals surface area contributed by atoms with Crippen LogP contribution in [0.3, 0.4) is 0 Å². The Kier molecular flexibility index (Phi) is 5.88. The van der Waals surface area contributed by atoms with Crippen LogP contribution in [-0.4, -0.2) is 23.5 Å². The zero-order chi connectivity index (χ0) is 20.3. The molecule has 0 aliphatic heterocycles. The highest BCUT2D eigenvalue weighted by Gasteiger charge is 2.14. The van der Waals surface area contributed by atoms with E-state index in [4.69, 9.17) is 4.74 Å². The summed E-state index contributed by atoms with van der Waals surface area (Å²) in [5.74, 6) is 0.810. The highest BCUT2D eigenvalue weighted by molar-refractivity contribution is 6.10. The number of phenolic OH excluding ortho intramolecular Hbond substituents is 1. The normalized spacial score (nSPS) is 11.8.